The van der Waals surface area contributed by atoms with Gasteiger partial charge in [0.2, 0.25) is 0 Å². The predicted molar refractivity (Wildman–Crippen MR) is 76.2 cm³/mol. The summed E-state index contributed by atoms with van der Waals surface area (Å²) in [7, 11) is 0. The van der Waals surface area contributed by atoms with E-state index in [9.17, 15) is 5.11 Å². The number of rotatable bonds is 2. The Hall–Kier alpha value is -0.510. The third kappa shape index (κ3) is 2.44. The van der Waals surface area contributed by atoms with Gasteiger partial charge >= 0.3 is 0 Å². The Kier molecular flexibility index (Phi) is 3.39. The molecule has 3 rings (SSSR count). The van der Waals surface area contributed by atoms with Crippen LogP contribution in [0, 0.1) is 0 Å². The lowest BCUT2D eigenvalue weighted by atomic mass is 9.94. The molecule has 3 heteroatoms. The monoisotopic (exact) mass is 263 g/mol. The van der Waals surface area contributed by atoms with Gasteiger partial charge in [-0.1, -0.05) is 6.07 Å². The fourth-order valence-electron chi connectivity index (χ4n) is 2.91. The van der Waals surface area contributed by atoms with Gasteiger partial charge in [0.15, 0.2) is 0 Å². The molecule has 2 atom stereocenters. The largest absolute Gasteiger partial charge is 0.389 e. The van der Waals surface area contributed by atoms with Crippen LogP contribution < -0.4 is 5.32 Å². The van der Waals surface area contributed by atoms with Crippen LogP contribution in [0.1, 0.15) is 30.9 Å². The van der Waals surface area contributed by atoms with Gasteiger partial charge in [-0.05, 0) is 62.4 Å². The fourth-order valence-corrected chi connectivity index (χ4v) is 4.17. The maximum absolute atomic E-state index is 10.4. The second-order valence-electron chi connectivity index (χ2n) is 5.70. The van der Waals surface area contributed by atoms with E-state index in [-0.39, 0.29) is 5.25 Å². The van der Waals surface area contributed by atoms with Crippen molar-refractivity contribution in [2.45, 2.75) is 48.4 Å². The van der Waals surface area contributed by atoms with Gasteiger partial charge < -0.3 is 10.4 Å². The molecule has 0 amide bonds. The number of benzene rings is 1. The average Bonchev–Trinajstić information content (AvgIpc) is 2.79. The molecular formula is C15H21NOS. The maximum atomic E-state index is 10.4. The molecule has 2 nitrogen and oxygen atoms in total. The van der Waals surface area contributed by atoms with Crippen molar-refractivity contribution >= 4 is 11.8 Å². The molecule has 1 aliphatic carbocycles. The summed E-state index contributed by atoms with van der Waals surface area (Å²) in [5.41, 5.74) is 2.49. The Bertz CT molecular complexity index is 444. The molecule has 0 radical (unpaired) electrons. The number of piperidine rings is 1. The molecule has 98 valence electrons. The second kappa shape index (κ2) is 4.87. The molecule has 1 aromatic carbocycles. The maximum Gasteiger partial charge on any atom is 0.0765 e. The van der Waals surface area contributed by atoms with Crippen molar-refractivity contribution in [3.63, 3.8) is 0 Å². The molecule has 0 aromatic heterocycles. The van der Waals surface area contributed by atoms with Gasteiger partial charge in [0.25, 0.3) is 0 Å². The van der Waals surface area contributed by atoms with E-state index in [1.165, 1.54) is 35.3 Å². The zero-order valence-corrected chi connectivity index (χ0v) is 11.7. The van der Waals surface area contributed by atoms with Crippen molar-refractivity contribution in [1.29, 1.82) is 0 Å². The fraction of sp³-hybridized carbons (Fsp3) is 0.600. The van der Waals surface area contributed by atoms with Crippen LogP contribution in [0.4, 0.5) is 0 Å². The van der Waals surface area contributed by atoms with Crippen LogP contribution >= 0.6 is 11.8 Å². The van der Waals surface area contributed by atoms with Crippen LogP contribution in [0.5, 0.6) is 0 Å². The number of aryl methyl sites for hydroxylation is 2. The molecule has 0 spiro atoms. The number of thioether (sulfide) groups is 1. The number of nitrogens with one attached hydrogen (secondary N) is 1. The summed E-state index contributed by atoms with van der Waals surface area (Å²) in [5.74, 6) is 0. The van der Waals surface area contributed by atoms with Gasteiger partial charge in [-0.25, -0.2) is 0 Å². The Morgan fingerprint density at radius 1 is 1.33 bits per heavy atom. The molecule has 1 fully saturated rings. The van der Waals surface area contributed by atoms with Crippen molar-refractivity contribution in [1.82, 2.24) is 5.32 Å². The minimum Gasteiger partial charge on any atom is -0.389 e. The highest BCUT2D eigenvalue weighted by Crippen LogP contribution is 2.35. The Morgan fingerprint density at radius 2 is 2.17 bits per heavy atom. The molecular weight excluding hydrogens is 242 g/mol. The molecule has 0 saturated carbocycles. The molecule has 0 bridgehead atoms. The Labute approximate surface area is 113 Å². The van der Waals surface area contributed by atoms with Crippen molar-refractivity contribution in [2.75, 3.05) is 13.1 Å². The van der Waals surface area contributed by atoms with Crippen LogP contribution in [0.3, 0.4) is 0 Å². The quantitative estimate of drug-likeness (QED) is 0.859. The standard InChI is InChI=1S/C15H21NOS/c1-15(17)7-8-16-10-14(15)18-13-6-5-11-3-2-4-12(11)9-13/h5-6,9,14,16-17H,2-4,7-8,10H2,1H3. The van der Waals surface area contributed by atoms with Gasteiger partial charge in [-0.15, -0.1) is 11.8 Å². The van der Waals surface area contributed by atoms with Crippen molar-refractivity contribution in [2.24, 2.45) is 0 Å². The molecule has 18 heavy (non-hydrogen) atoms. The summed E-state index contributed by atoms with van der Waals surface area (Å²) < 4.78 is 0. The summed E-state index contributed by atoms with van der Waals surface area (Å²) in [4.78, 5) is 1.31. The smallest absolute Gasteiger partial charge is 0.0765 e. The van der Waals surface area contributed by atoms with E-state index in [0.29, 0.717) is 0 Å². The summed E-state index contributed by atoms with van der Waals surface area (Å²) in [6.07, 6.45) is 4.60. The van der Waals surface area contributed by atoms with Crippen molar-refractivity contribution < 1.29 is 5.11 Å². The van der Waals surface area contributed by atoms with Gasteiger partial charge in [0, 0.05) is 11.4 Å². The summed E-state index contributed by atoms with van der Waals surface area (Å²) in [5, 5.41) is 14.1. The minimum atomic E-state index is -0.547. The summed E-state index contributed by atoms with van der Waals surface area (Å²) in [6.45, 7) is 3.79. The number of hydrogen-bond donors (Lipinski definition) is 2. The van der Waals surface area contributed by atoms with E-state index in [2.05, 4.69) is 23.5 Å². The third-order valence-electron chi connectivity index (χ3n) is 4.18. The Morgan fingerprint density at radius 3 is 3.00 bits per heavy atom. The van der Waals surface area contributed by atoms with Gasteiger partial charge in [0.1, 0.15) is 0 Å². The number of hydrogen-bond acceptors (Lipinski definition) is 3. The lowest BCUT2D eigenvalue weighted by Gasteiger charge is -2.37. The van der Waals surface area contributed by atoms with E-state index in [1.807, 2.05) is 18.7 Å². The van der Waals surface area contributed by atoms with Gasteiger partial charge in [-0.2, -0.15) is 0 Å². The third-order valence-corrected chi connectivity index (χ3v) is 5.66. The first-order valence-electron chi connectivity index (χ1n) is 6.87. The van der Waals surface area contributed by atoms with Crippen molar-refractivity contribution in [3.8, 4) is 0 Å². The van der Waals surface area contributed by atoms with E-state index in [4.69, 9.17) is 0 Å². The molecule has 2 unspecified atom stereocenters. The van der Waals surface area contributed by atoms with E-state index >= 15 is 0 Å². The highest BCUT2D eigenvalue weighted by molar-refractivity contribution is 8.00. The zero-order valence-electron chi connectivity index (χ0n) is 10.9. The molecule has 1 heterocycles. The normalized spacial score (nSPS) is 31.3. The highest BCUT2D eigenvalue weighted by atomic mass is 32.2. The van der Waals surface area contributed by atoms with Crippen LogP contribution in [0.25, 0.3) is 0 Å². The van der Waals surface area contributed by atoms with Crippen LogP contribution in [0.15, 0.2) is 23.1 Å². The van der Waals surface area contributed by atoms with Crippen molar-refractivity contribution in [3.05, 3.63) is 29.3 Å². The predicted octanol–water partition coefficient (Wildman–Crippen LogP) is 2.38. The lowest BCUT2D eigenvalue weighted by Crippen LogP contribution is -2.50. The first-order valence-corrected chi connectivity index (χ1v) is 7.75. The molecule has 1 aliphatic heterocycles. The van der Waals surface area contributed by atoms with Crippen LogP contribution in [0.2, 0.25) is 0 Å². The van der Waals surface area contributed by atoms with Crippen LogP contribution in [-0.4, -0.2) is 29.0 Å². The highest BCUT2D eigenvalue weighted by Gasteiger charge is 2.35. The SMILES string of the molecule is CC1(O)CCNCC1Sc1ccc2c(c1)CCC2. The topological polar surface area (TPSA) is 32.3 Å². The zero-order chi connectivity index (χ0) is 12.6. The van der Waals surface area contributed by atoms with Gasteiger partial charge in [0.05, 0.1) is 10.9 Å². The molecule has 1 saturated heterocycles. The molecule has 2 N–H and O–H groups in total. The van der Waals surface area contributed by atoms with E-state index < -0.39 is 5.60 Å². The van der Waals surface area contributed by atoms with Gasteiger partial charge in [-0.3, -0.25) is 0 Å². The van der Waals surface area contributed by atoms with E-state index in [1.54, 1.807) is 0 Å². The molecule has 1 aromatic rings. The first kappa shape index (κ1) is 12.5. The summed E-state index contributed by atoms with van der Waals surface area (Å²) in [6, 6.07) is 6.83. The summed E-state index contributed by atoms with van der Waals surface area (Å²) >= 11 is 1.82. The molecule has 2 aliphatic rings. The average molecular weight is 263 g/mol. The number of fused-ring (bicyclic) bond motifs is 1. The minimum absolute atomic E-state index is 0.255. The van der Waals surface area contributed by atoms with E-state index in [0.717, 1.165) is 19.5 Å². The lowest BCUT2D eigenvalue weighted by molar-refractivity contribution is 0.0355. The Balaban J connectivity index is 1.76. The first-order chi connectivity index (χ1) is 8.65. The van der Waals surface area contributed by atoms with Crippen LogP contribution in [-0.2, 0) is 12.8 Å². The number of aliphatic hydroxyl groups is 1. The second-order valence-corrected chi connectivity index (χ2v) is 6.98.